The summed E-state index contributed by atoms with van der Waals surface area (Å²) in [4.78, 5) is 17.0. The van der Waals surface area contributed by atoms with Crippen molar-refractivity contribution in [2.75, 3.05) is 0 Å². The van der Waals surface area contributed by atoms with Crippen LogP contribution in [0.2, 0.25) is 0 Å². The minimum Gasteiger partial charge on any atom is -0.352 e. The molecule has 0 radical (unpaired) electrons. The van der Waals surface area contributed by atoms with Crippen molar-refractivity contribution in [1.82, 2.24) is 20.1 Å². The van der Waals surface area contributed by atoms with Crippen LogP contribution in [0.4, 0.5) is 0 Å². The standard InChI is InChI=1S/C21H17BrN4OS/c22-17-7-3-6-15(11-17)21-25-18(14-28-21)12-20(27)23-13-16-5-1-2-8-19(16)26-10-4-9-24-26/h1-11,14H,12-13H2,(H,23,27). The Morgan fingerprint density at radius 3 is 2.86 bits per heavy atom. The summed E-state index contributed by atoms with van der Waals surface area (Å²) < 4.78 is 2.81. The summed E-state index contributed by atoms with van der Waals surface area (Å²) in [6.45, 7) is 0.442. The minimum absolute atomic E-state index is 0.0543. The van der Waals surface area contributed by atoms with Gasteiger partial charge in [-0.05, 0) is 29.8 Å². The SMILES string of the molecule is O=C(Cc1csc(-c2cccc(Br)c2)n1)NCc1ccccc1-n1cccn1. The number of nitrogens with zero attached hydrogens (tertiary/aromatic N) is 3. The molecular formula is C21H17BrN4OS. The van der Waals surface area contributed by atoms with Gasteiger partial charge in [0.05, 0.1) is 17.8 Å². The van der Waals surface area contributed by atoms with Crippen molar-refractivity contribution < 1.29 is 4.79 Å². The molecule has 4 rings (SSSR count). The number of carbonyl (C=O) groups is 1. The number of benzene rings is 2. The molecule has 5 nitrogen and oxygen atoms in total. The Labute approximate surface area is 175 Å². The summed E-state index contributed by atoms with van der Waals surface area (Å²) in [5.74, 6) is -0.0543. The molecule has 0 unspecified atom stereocenters. The smallest absolute Gasteiger partial charge is 0.226 e. The molecule has 1 N–H and O–H groups in total. The van der Waals surface area contributed by atoms with Crippen LogP contribution >= 0.6 is 27.3 Å². The molecule has 7 heteroatoms. The molecule has 140 valence electrons. The molecule has 0 fully saturated rings. The number of thiazole rings is 1. The van der Waals surface area contributed by atoms with E-state index in [1.165, 1.54) is 0 Å². The fourth-order valence-electron chi connectivity index (χ4n) is 2.86. The van der Waals surface area contributed by atoms with E-state index in [9.17, 15) is 4.79 Å². The number of rotatable bonds is 6. The van der Waals surface area contributed by atoms with E-state index in [1.807, 2.05) is 66.2 Å². The normalized spacial score (nSPS) is 10.8. The molecule has 0 aliphatic rings. The van der Waals surface area contributed by atoms with Crippen LogP contribution in [0.25, 0.3) is 16.3 Å². The molecule has 0 aliphatic carbocycles. The van der Waals surface area contributed by atoms with Crippen molar-refractivity contribution in [2.24, 2.45) is 0 Å². The molecule has 2 aromatic heterocycles. The van der Waals surface area contributed by atoms with Crippen LogP contribution in [0.3, 0.4) is 0 Å². The van der Waals surface area contributed by atoms with Gasteiger partial charge in [0.1, 0.15) is 5.01 Å². The lowest BCUT2D eigenvalue weighted by atomic mass is 10.1. The average molecular weight is 453 g/mol. The van der Waals surface area contributed by atoms with Gasteiger partial charge in [0.2, 0.25) is 5.91 Å². The van der Waals surface area contributed by atoms with Crippen LogP contribution in [0.5, 0.6) is 0 Å². The zero-order valence-corrected chi connectivity index (χ0v) is 17.3. The van der Waals surface area contributed by atoms with Gasteiger partial charge in [-0.3, -0.25) is 4.79 Å². The third kappa shape index (κ3) is 4.37. The van der Waals surface area contributed by atoms with Gasteiger partial charge in [-0.1, -0.05) is 46.3 Å². The summed E-state index contributed by atoms with van der Waals surface area (Å²) in [5.41, 5.74) is 3.78. The molecule has 0 atom stereocenters. The Balaban J connectivity index is 1.40. The number of hydrogen-bond donors (Lipinski definition) is 1. The topological polar surface area (TPSA) is 59.8 Å². The maximum absolute atomic E-state index is 12.4. The Kier molecular flexibility index (Phi) is 5.64. The lowest BCUT2D eigenvalue weighted by Gasteiger charge is -2.10. The maximum Gasteiger partial charge on any atom is 0.226 e. The molecule has 2 aromatic carbocycles. The quantitative estimate of drug-likeness (QED) is 0.464. The number of carbonyl (C=O) groups excluding carboxylic acids is 1. The highest BCUT2D eigenvalue weighted by Gasteiger charge is 2.11. The number of para-hydroxylation sites is 1. The van der Waals surface area contributed by atoms with Gasteiger partial charge in [-0.25, -0.2) is 9.67 Å². The van der Waals surface area contributed by atoms with Crippen molar-refractivity contribution in [2.45, 2.75) is 13.0 Å². The van der Waals surface area contributed by atoms with E-state index in [1.54, 1.807) is 22.2 Å². The van der Waals surface area contributed by atoms with E-state index in [-0.39, 0.29) is 12.3 Å². The Bertz CT molecular complexity index is 1090. The molecule has 0 saturated carbocycles. The first kappa shape index (κ1) is 18.6. The van der Waals surface area contributed by atoms with Crippen LogP contribution in [-0.4, -0.2) is 20.7 Å². The third-order valence-corrected chi connectivity index (χ3v) is 5.62. The van der Waals surface area contributed by atoms with Crippen molar-refractivity contribution in [3.05, 3.63) is 88.1 Å². The highest BCUT2D eigenvalue weighted by Crippen LogP contribution is 2.26. The minimum atomic E-state index is -0.0543. The fourth-order valence-corrected chi connectivity index (χ4v) is 4.07. The Hall–Kier alpha value is -2.77. The molecular weight excluding hydrogens is 436 g/mol. The van der Waals surface area contributed by atoms with E-state index >= 15 is 0 Å². The lowest BCUT2D eigenvalue weighted by Crippen LogP contribution is -2.25. The van der Waals surface area contributed by atoms with Crippen molar-refractivity contribution in [1.29, 1.82) is 0 Å². The lowest BCUT2D eigenvalue weighted by molar-refractivity contribution is -0.120. The summed E-state index contributed by atoms with van der Waals surface area (Å²) in [7, 11) is 0. The highest BCUT2D eigenvalue weighted by atomic mass is 79.9. The van der Waals surface area contributed by atoms with Crippen LogP contribution in [0.1, 0.15) is 11.3 Å². The van der Waals surface area contributed by atoms with Crippen LogP contribution in [0.15, 0.2) is 76.8 Å². The van der Waals surface area contributed by atoms with Gasteiger partial charge in [0.15, 0.2) is 0 Å². The first-order valence-electron chi connectivity index (χ1n) is 8.74. The van der Waals surface area contributed by atoms with E-state index < -0.39 is 0 Å². The molecule has 0 saturated heterocycles. The first-order valence-corrected chi connectivity index (χ1v) is 10.4. The average Bonchev–Trinajstić information content (AvgIpc) is 3.39. The molecule has 0 bridgehead atoms. The largest absolute Gasteiger partial charge is 0.352 e. The second-order valence-corrected chi connectivity index (χ2v) is 7.96. The third-order valence-electron chi connectivity index (χ3n) is 4.18. The summed E-state index contributed by atoms with van der Waals surface area (Å²) in [6, 6.07) is 17.8. The Morgan fingerprint density at radius 2 is 2.04 bits per heavy atom. The maximum atomic E-state index is 12.4. The second kappa shape index (κ2) is 8.50. The van der Waals surface area contributed by atoms with E-state index in [4.69, 9.17) is 0 Å². The van der Waals surface area contributed by atoms with Gasteiger partial charge >= 0.3 is 0 Å². The molecule has 4 aromatic rings. The predicted molar refractivity (Wildman–Crippen MR) is 114 cm³/mol. The number of amides is 1. The molecule has 0 spiro atoms. The molecule has 2 heterocycles. The Morgan fingerprint density at radius 1 is 1.14 bits per heavy atom. The van der Waals surface area contributed by atoms with E-state index in [0.717, 1.165) is 32.0 Å². The number of aromatic nitrogens is 3. The van der Waals surface area contributed by atoms with Crippen molar-refractivity contribution >= 4 is 33.2 Å². The first-order chi connectivity index (χ1) is 13.7. The zero-order valence-electron chi connectivity index (χ0n) is 14.9. The van der Waals surface area contributed by atoms with Crippen LogP contribution < -0.4 is 5.32 Å². The summed E-state index contributed by atoms with van der Waals surface area (Å²) in [5, 5.41) is 10.1. The summed E-state index contributed by atoms with van der Waals surface area (Å²) >= 11 is 5.02. The highest BCUT2D eigenvalue weighted by molar-refractivity contribution is 9.10. The van der Waals surface area contributed by atoms with Gasteiger partial charge in [0.25, 0.3) is 0 Å². The monoisotopic (exact) mass is 452 g/mol. The predicted octanol–water partition coefficient (Wildman–Crippen LogP) is 4.62. The van der Waals surface area contributed by atoms with Gasteiger partial charge < -0.3 is 5.32 Å². The fraction of sp³-hybridized carbons (Fsp3) is 0.0952. The van der Waals surface area contributed by atoms with Gasteiger partial charge in [0, 0.05) is 34.4 Å². The molecule has 0 aliphatic heterocycles. The van der Waals surface area contributed by atoms with E-state index in [2.05, 4.69) is 31.3 Å². The van der Waals surface area contributed by atoms with Gasteiger partial charge in [-0.15, -0.1) is 11.3 Å². The molecule has 1 amide bonds. The number of hydrogen-bond acceptors (Lipinski definition) is 4. The van der Waals surface area contributed by atoms with E-state index in [0.29, 0.717) is 6.54 Å². The van der Waals surface area contributed by atoms with Crippen molar-refractivity contribution in [3.63, 3.8) is 0 Å². The second-order valence-electron chi connectivity index (χ2n) is 6.19. The number of halogens is 1. The van der Waals surface area contributed by atoms with Crippen LogP contribution in [0, 0.1) is 0 Å². The molecule has 28 heavy (non-hydrogen) atoms. The number of nitrogens with one attached hydrogen (secondary N) is 1. The van der Waals surface area contributed by atoms with Crippen molar-refractivity contribution in [3.8, 4) is 16.3 Å². The summed E-state index contributed by atoms with van der Waals surface area (Å²) in [6.07, 6.45) is 3.88. The van der Waals surface area contributed by atoms with Crippen LogP contribution in [-0.2, 0) is 17.8 Å². The zero-order chi connectivity index (χ0) is 19.3. The van der Waals surface area contributed by atoms with Gasteiger partial charge in [-0.2, -0.15) is 5.10 Å².